The van der Waals surface area contributed by atoms with E-state index in [9.17, 15) is 18.3 Å². The summed E-state index contributed by atoms with van der Waals surface area (Å²) in [4.78, 5) is 6.33. The third kappa shape index (κ3) is 4.73. The Morgan fingerprint density at radius 2 is 1.97 bits per heavy atom. The predicted molar refractivity (Wildman–Crippen MR) is 105 cm³/mol. The van der Waals surface area contributed by atoms with Crippen LogP contribution in [-0.2, 0) is 12.7 Å². The van der Waals surface area contributed by atoms with Crippen molar-refractivity contribution in [2.24, 2.45) is 11.5 Å². The van der Waals surface area contributed by atoms with Crippen molar-refractivity contribution >= 4 is 17.2 Å². The first-order valence-electron chi connectivity index (χ1n) is 9.06. The Balaban J connectivity index is 1.90. The lowest BCUT2D eigenvalue weighted by Gasteiger charge is -2.45. The topological polar surface area (TPSA) is 100 Å². The van der Waals surface area contributed by atoms with Gasteiger partial charge in [0.15, 0.2) is 0 Å². The minimum atomic E-state index is -4.40. The quantitative estimate of drug-likeness (QED) is 0.592. The number of alkyl halides is 3. The summed E-state index contributed by atoms with van der Waals surface area (Å²) >= 11 is 0. The van der Waals surface area contributed by atoms with Crippen molar-refractivity contribution in [3.8, 4) is 0 Å². The van der Waals surface area contributed by atoms with Crippen LogP contribution in [0.5, 0.6) is 0 Å². The van der Waals surface area contributed by atoms with Crippen LogP contribution in [0, 0.1) is 0 Å². The standard InChI is InChI=1S/C20H24F3N5O/c1-12(24)17-16(7-15(9-26-17)28-10-19(2,29)11-28)18(25)27-8-13-4-3-5-14(6-13)20(21,22)23/h3-7,9,27,29H,8,10-11,24-25H2,1-2H3/b17-12+,18-16+. The Hall–Kier alpha value is -2.94. The molecule has 1 aliphatic heterocycles. The molecular weight excluding hydrogens is 383 g/mol. The lowest BCUT2D eigenvalue weighted by atomic mass is 9.96. The van der Waals surface area contributed by atoms with E-state index in [1.165, 1.54) is 6.07 Å². The largest absolute Gasteiger partial charge is 0.416 e. The Bertz CT molecular complexity index is 1020. The van der Waals surface area contributed by atoms with E-state index in [-0.39, 0.29) is 12.4 Å². The molecule has 29 heavy (non-hydrogen) atoms. The zero-order chi connectivity index (χ0) is 21.4. The van der Waals surface area contributed by atoms with Crippen molar-refractivity contribution in [3.63, 3.8) is 0 Å². The van der Waals surface area contributed by atoms with E-state index in [0.717, 1.165) is 17.8 Å². The smallest absolute Gasteiger partial charge is 0.401 e. The van der Waals surface area contributed by atoms with E-state index in [1.54, 1.807) is 26.1 Å². The summed E-state index contributed by atoms with van der Waals surface area (Å²) in [6, 6.07) is 6.86. The molecule has 6 nitrogen and oxygen atoms in total. The first-order chi connectivity index (χ1) is 13.5. The van der Waals surface area contributed by atoms with Crippen molar-refractivity contribution < 1.29 is 18.3 Å². The van der Waals surface area contributed by atoms with Gasteiger partial charge in [-0.2, -0.15) is 13.2 Å². The van der Waals surface area contributed by atoms with Gasteiger partial charge in [-0.25, -0.2) is 0 Å². The molecule has 0 radical (unpaired) electrons. The highest BCUT2D eigenvalue weighted by Gasteiger charge is 2.36. The van der Waals surface area contributed by atoms with Crippen molar-refractivity contribution in [1.82, 2.24) is 10.3 Å². The van der Waals surface area contributed by atoms with Gasteiger partial charge in [0.05, 0.1) is 28.4 Å². The Kier molecular flexibility index (Phi) is 5.36. The number of aromatic nitrogens is 1. The van der Waals surface area contributed by atoms with Crippen LogP contribution in [0.1, 0.15) is 25.0 Å². The van der Waals surface area contributed by atoms with Crippen LogP contribution < -0.4 is 32.3 Å². The average Bonchev–Trinajstić information content (AvgIpc) is 2.63. The van der Waals surface area contributed by atoms with Crippen LogP contribution in [-0.4, -0.2) is 28.8 Å². The van der Waals surface area contributed by atoms with E-state index in [0.29, 0.717) is 34.9 Å². The summed E-state index contributed by atoms with van der Waals surface area (Å²) in [5.74, 6) is 0.254. The number of aliphatic hydroxyl groups is 1. The van der Waals surface area contributed by atoms with E-state index in [1.807, 2.05) is 11.0 Å². The molecule has 3 rings (SSSR count). The number of nitrogens with one attached hydrogen (secondary N) is 1. The number of rotatable bonds is 4. The molecule has 156 valence electrons. The van der Waals surface area contributed by atoms with E-state index in [4.69, 9.17) is 11.5 Å². The molecule has 0 spiro atoms. The second kappa shape index (κ2) is 7.47. The molecule has 1 aromatic heterocycles. The Morgan fingerprint density at radius 1 is 1.28 bits per heavy atom. The number of β-amino-alcohol motifs (C(OH)–C–C–N with tert-alkyl or cyclic N) is 1. The molecule has 0 amide bonds. The Labute approximate surface area is 166 Å². The molecule has 1 aromatic carbocycles. The zero-order valence-corrected chi connectivity index (χ0v) is 16.2. The van der Waals surface area contributed by atoms with Crippen LogP contribution in [0.2, 0.25) is 0 Å². The fourth-order valence-electron chi connectivity index (χ4n) is 3.25. The first kappa shape index (κ1) is 20.8. The first-order valence-corrected chi connectivity index (χ1v) is 9.06. The fraction of sp³-hybridized carbons (Fsp3) is 0.350. The van der Waals surface area contributed by atoms with Gasteiger partial charge in [-0.05, 0) is 37.6 Å². The van der Waals surface area contributed by atoms with Crippen LogP contribution >= 0.6 is 0 Å². The summed E-state index contributed by atoms with van der Waals surface area (Å²) in [5.41, 5.74) is 12.3. The normalized spacial score (nSPS) is 18.1. The van der Waals surface area contributed by atoms with Gasteiger partial charge in [0.1, 0.15) is 5.82 Å². The molecule has 0 aliphatic carbocycles. The maximum absolute atomic E-state index is 12.9. The molecule has 2 heterocycles. The molecule has 1 fully saturated rings. The molecule has 0 atom stereocenters. The van der Waals surface area contributed by atoms with Crippen molar-refractivity contribution in [2.75, 3.05) is 18.0 Å². The van der Waals surface area contributed by atoms with Crippen molar-refractivity contribution in [2.45, 2.75) is 32.2 Å². The number of pyridine rings is 1. The van der Waals surface area contributed by atoms with Gasteiger partial charge in [0.25, 0.3) is 0 Å². The van der Waals surface area contributed by atoms with E-state index >= 15 is 0 Å². The monoisotopic (exact) mass is 407 g/mol. The number of nitrogens with zero attached hydrogens (tertiary/aromatic N) is 2. The highest BCUT2D eigenvalue weighted by atomic mass is 19.4. The van der Waals surface area contributed by atoms with Gasteiger partial charge in [0, 0.05) is 30.5 Å². The van der Waals surface area contributed by atoms with Crippen LogP contribution in [0.3, 0.4) is 0 Å². The van der Waals surface area contributed by atoms with Gasteiger partial charge in [-0.15, -0.1) is 0 Å². The molecule has 0 saturated carbocycles. The number of benzene rings is 1. The SMILES string of the molecule is C/C(N)=c1\ncc(N2CC(C)(O)C2)c\c1=C(\N)NCc1cccc(C(F)(F)F)c1. The molecular formula is C20H24F3N5O. The molecule has 1 aliphatic rings. The minimum absolute atomic E-state index is 0.113. The van der Waals surface area contributed by atoms with Gasteiger partial charge in [-0.1, -0.05) is 12.1 Å². The molecule has 0 bridgehead atoms. The van der Waals surface area contributed by atoms with E-state index in [2.05, 4.69) is 10.3 Å². The lowest BCUT2D eigenvalue weighted by molar-refractivity contribution is -0.137. The second-order valence-electron chi connectivity index (χ2n) is 7.59. The number of halogens is 3. The molecule has 6 N–H and O–H groups in total. The highest BCUT2D eigenvalue weighted by molar-refractivity contribution is 5.53. The highest BCUT2D eigenvalue weighted by Crippen LogP contribution is 2.29. The number of hydrogen-bond acceptors (Lipinski definition) is 6. The van der Waals surface area contributed by atoms with Crippen LogP contribution in [0.4, 0.5) is 18.9 Å². The lowest BCUT2D eigenvalue weighted by Crippen LogP contribution is -2.60. The molecule has 1 saturated heterocycles. The molecule has 9 heteroatoms. The summed E-state index contributed by atoms with van der Waals surface area (Å²) in [6.45, 7) is 4.50. The van der Waals surface area contributed by atoms with E-state index < -0.39 is 17.3 Å². The number of nitrogens with two attached hydrogens (primary N) is 2. The van der Waals surface area contributed by atoms with Crippen LogP contribution in [0.25, 0.3) is 11.5 Å². The Morgan fingerprint density at radius 3 is 2.55 bits per heavy atom. The maximum Gasteiger partial charge on any atom is 0.416 e. The summed E-state index contributed by atoms with van der Waals surface area (Å²) in [5, 5.41) is 14.0. The summed E-state index contributed by atoms with van der Waals surface area (Å²) < 4.78 is 38.7. The van der Waals surface area contributed by atoms with Gasteiger partial charge >= 0.3 is 6.18 Å². The van der Waals surface area contributed by atoms with Gasteiger partial charge in [-0.3, -0.25) is 4.98 Å². The third-order valence-electron chi connectivity index (χ3n) is 4.70. The third-order valence-corrected chi connectivity index (χ3v) is 4.70. The van der Waals surface area contributed by atoms with Crippen molar-refractivity contribution in [1.29, 1.82) is 0 Å². The van der Waals surface area contributed by atoms with Gasteiger partial charge < -0.3 is 26.8 Å². The fourth-order valence-corrected chi connectivity index (χ4v) is 3.25. The van der Waals surface area contributed by atoms with Crippen molar-refractivity contribution in [3.05, 3.63) is 58.2 Å². The molecule has 2 aromatic rings. The second-order valence-corrected chi connectivity index (χ2v) is 7.59. The zero-order valence-electron chi connectivity index (χ0n) is 16.2. The average molecular weight is 407 g/mol. The summed E-state index contributed by atoms with van der Waals surface area (Å²) in [6.07, 6.45) is -2.74. The number of anilines is 1. The van der Waals surface area contributed by atoms with Crippen LogP contribution in [0.15, 0.2) is 36.5 Å². The maximum atomic E-state index is 12.9. The molecule has 0 unspecified atom stereocenters. The summed E-state index contributed by atoms with van der Waals surface area (Å²) in [7, 11) is 0. The minimum Gasteiger partial charge on any atom is -0.401 e. The predicted octanol–water partition coefficient (Wildman–Crippen LogP) is 0.572. The number of hydrogen-bond donors (Lipinski definition) is 4. The van der Waals surface area contributed by atoms with Gasteiger partial charge in [0.2, 0.25) is 0 Å².